The number of nitrogens with one attached hydrogen (secondary N) is 1. The van der Waals surface area contributed by atoms with Crippen LogP contribution in [-0.4, -0.2) is 26.1 Å². The Hall–Kier alpha value is -3.07. The van der Waals surface area contributed by atoms with Crippen molar-refractivity contribution in [2.45, 2.75) is 32.2 Å². The monoisotopic (exact) mass is 404 g/mol. The molecule has 2 aromatic carbocycles. The molecule has 1 aromatic heterocycles. The van der Waals surface area contributed by atoms with E-state index in [9.17, 15) is 18.0 Å². The summed E-state index contributed by atoms with van der Waals surface area (Å²) in [6, 6.07) is 7.81. The molecule has 0 aliphatic heterocycles. The maximum absolute atomic E-state index is 12.8. The Morgan fingerprint density at radius 3 is 2.39 bits per heavy atom. The third-order valence-corrected chi connectivity index (χ3v) is 5.73. The van der Waals surface area contributed by atoms with Crippen LogP contribution in [0.25, 0.3) is 11.1 Å². The summed E-state index contributed by atoms with van der Waals surface area (Å²) in [5.74, 6) is -1.39. The van der Waals surface area contributed by atoms with E-state index in [0.717, 1.165) is 21.3 Å². The van der Waals surface area contributed by atoms with E-state index in [1.54, 1.807) is 0 Å². The van der Waals surface area contributed by atoms with Gasteiger partial charge in [0.15, 0.2) is 5.58 Å². The Labute approximate surface area is 161 Å². The number of carbonyl (C=O) groups excluding carboxylic acids is 1. The first kappa shape index (κ1) is 19.7. The number of rotatable bonds is 5. The number of hydrogen-bond acceptors (Lipinski definition) is 6. The molecule has 1 N–H and O–H groups in total. The number of esters is 1. The molecule has 0 fully saturated rings. The van der Waals surface area contributed by atoms with E-state index in [-0.39, 0.29) is 17.0 Å². The maximum Gasteiger partial charge on any atom is 0.420 e. The molecule has 0 saturated heterocycles. The van der Waals surface area contributed by atoms with Crippen molar-refractivity contribution in [1.29, 1.82) is 0 Å². The van der Waals surface area contributed by atoms with Gasteiger partial charge in [0.1, 0.15) is 6.54 Å². The minimum atomic E-state index is -3.91. The zero-order chi connectivity index (χ0) is 20.6. The van der Waals surface area contributed by atoms with Gasteiger partial charge in [-0.3, -0.25) is 14.1 Å². The molecule has 0 radical (unpaired) electrons. The number of anilines is 1. The summed E-state index contributed by atoms with van der Waals surface area (Å²) >= 11 is 0. The van der Waals surface area contributed by atoms with Gasteiger partial charge in [-0.15, -0.1) is 0 Å². The average molecular weight is 404 g/mol. The second kappa shape index (κ2) is 7.16. The van der Waals surface area contributed by atoms with Crippen molar-refractivity contribution in [2.24, 2.45) is 0 Å². The Morgan fingerprint density at radius 1 is 1.14 bits per heavy atom. The van der Waals surface area contributed by atoms with Crippen LogP contribution >= 0.6 is 0 Å². The molecule has 1 heterocycles. The van der Waals surface area contributed by atoms with Crippen LogP contribution in [0, 0.1) is 20.8 Å². The lowest BCUT2D eigenvalue weighted by molar-refractivity contribution is -0.141. The minimum absolute atomic E-state index is 0.0571. The minimum Gasteiger partial charge on any atom is -0.468 e. The molecule has 0 aliphatic carbocycles. The van der Waals surface area contributed by atoms with Gasteiger partial charge in [-0.1, -0.05) is 17.7 Å². The van der Waals surface area contributed by atoms with Crippen molar-refractivity contribution >= 4 is 32.8 Å². The van der Waals surface area contributed by atoms with Gasteiger partial charge < -0.3 is 9.15 Å². The van der Waals surface area contributed by atoms with Crippen molar-refractivity contribution in [1.82, 2.24) is 4.57 Å². The van der Waals surface area contributed by atoms with Gasteiger partial charge in [-0.05, 0) is 44.0 Å². The molecule has 0 bridgehead atoms. The van der Waals surface area contributed by atoms with Gasteiger partial charge >= 0.3 is 11.7 Å². The summed E-state index contributed by atoms with van der Waals surface area (Å²) < 4.78 is 39.0. The van der Waals surface area contributed by atoms with Gasteiger partial charge in [-0.2, -0.15) is 0 Å². The second-order valence-corrected chi connectivity index (χ2v) is 8.22. The van der Waals surface area contributed by atoms with Crippen LogP contribution in [0.5, 0.6) is 0 Å². The van der Waals surface area contributed by atoms with E-state index in [1.165, 1.54) is 25.3 Å². The van der Waals surface area contributed by atoms with E-state index in [2.05, 4.69) is 9.46 Å². The molecule has 0 unspecified atom stereocenters. The van der Waals surface area contributed by atoms with E-state index in [0.29, 0.717) is 11.2 Å². The van der Waals surface area contributed by atoms with E-state index in [4.69, 9.17) is 4.42 Å². The molecule has 0 atom stereocenters. The number of sulfonamides is 1. The van der Waals surface area contributed by atoms with Crippen molar-refractivity contribution < 1.29 is 22.4 Å². The third-order valence-electron chi connectivity index (χ3n) is 4.38. The topological polar surface area (TPSA) is 108 Å². The molecule has 9 heteroatoms. The molecule has 3 aromatic rings. The quantitative estimate of drug-likeness (QED) is 0.655. The number of aromatic nitrogens is 1. The number of aryl methyl sites for hydroxylation is 3. The van der Waals surface area contributed by atoms with Crippen molar-refractivity contribution in [2.75, 3.05) is 11.8 Å². The van der Waals surface area contributed by atoms with Crippen molar-refractivity contribution in [3.05, 3.63) is 57.6 Å². The summed E-state index contributed by atoms with van der Waals surface area (Å²) in [4.78, 5) is 23.4. The van der Waals surface area contributed by atoms with Gasteiger partial charge in [0, 0.05) is 6.07 Å². The van der Waals surface area contributed by atoms with Gasteiger partial charge in [0.2, 0.25) is 0 Å². The summed E-state index contributed by atoms with van der Waals surface area (Å²) in [6.45, 7) is 5.27. The Balaban J connectivity index is 2.02. The first-order valence-corrected chi connectivity index (χ1v) is 9.91. The first-order valence-electron chi connectivity index (χ1n) is 8.43. The number of fused-ring (bicyclic) bond motifs is 1. The third kappa shape index (κ3) is 3.65. The highest BCUT2D eigenvalue weighted by Crippen LogP contribution is 2.26. The van der Waals surface area contributed by atoms with Gasteiger partial charge in [0.25, 0.3) is 10.0 Å². The number of hydrogen-bond donors (Lipinski definition) is 1. The number of benzene rings is 2. The second-order valence-electron chi connectivity index (χ2n) is 6.54. The molecule has 148 valence electrons. The molecule has 0 aliphatic rings. The number of ether oxygens (including phenoxy) is 1. The van der Waals surface area contributed by atoms with E-state index in [1.807, 2.05) is 32.9 Å². The molecule has 3 rings (SSSR count). The maximum atomic E-state index is 12.8. The van der Waals surface area contributed by atoms with Crippen molar-refractivity contribution in [3.8, 4) is 0 Å². The number of methoxy groups -OCH3 is 1. The van der Waals surface area contributed by atoms with Crippen LogP contribution in [-0.2, 0) is 26.1 Å². The molecule has 28 heavy (non-hydrogen) atoms. The molecule has 0 amide bonds. The lowest BCUT2D eigenvalue weighted by Gasteiger charge is -2.14. The molecule has 0 saturated carbocycles. The summed E-state index contributed by atoms with van der Waals surface area (Å²) in [5, 5.41) is 0. The van der Waals surface area contributed by atoms with Crippen LogP contribution in [0.1, 0.15) is 16.7 Å². The first-order chi connectivity index (χ1) is 13.1. The Kier molecular flexibility index (Phi) is 5.03. The van der Waals surface area contributed by atoms with Crippen LogP contribution in [0.3, 0.4) is 0 Å². The lowest BCUT2D eigenvalue weighted by atomic mass is 10.1. The van der Waals surface area contributed by atoms with Gasteiger partial charge in [0.05, 0.1) is 23.2 Å². The Morgan fingerprint density at radius 2 is 1.79 bits per heavy atom. The summed E-state index contributed by atoms with van der Waals surface area (Å²) in [5.41, 5.74) is 3.52. The predicted octanol–water partition coefficient (Wildman–Crippen LogP) is 2.49. The van der Waals surface area contributed by atoms with E-state index < -0.39 is 21.7 Å². The molecular formula is C19H20N2O6S. The normalized spacial score (nSPS) is 11.6. The van der Waals surface area contributed by atoms with Crippen LogP contribution in [0.4, 0.5) is 5.69 Å². The summed E-state index contributed by atoms with van der Waals surface area (Å²) in [6.07, 6.45) is 0. The zero-order valence-corrected chi connectivity index (χ0v) is 16.7. The van der Waals surface area contributed by atoms with Crippen LogP contribution in [0.15, 0.2) is 44.4 Å². The number of oxazole rings is 1. The largest absolute Gasteiger partial charge is 0.468 e. The molecule has 8 nitrogen and oxygen atoms in total. The fourth-order valence-electron chi connectivity index (χ4n) is 3.09. The zero-order valence-electron chi connectivity index (χ0n) is 15.9. The number of nitrogens with zero attached hydrogens (tertiary/aromatic N) is 1. The molecular weight excluding hydrogens is 384 g/mol. The summed E-state index contributed by atoms with van der Waals surface area (Å²) in [7, 11) is -2.70. The van der Waals surface area contributed by atoms with Crippen molar-refractivity contribution in [3.63, 3.8) is 0 Å². The van der Waals surface area contributed by atoms with E-state index >= 15 is 0 Å². The number of carbonyl (C=O) groups is 1. The predicted molar refractivity (Wildman–Crippen MR) is 104 cm³/mol. The SMILES string of the molecule is COC(=O)Cn1c(=O)oc2cc(S(=O)(=O)Nc3c(C)cc(C)cc3C)ccc21. The smallest absolute Gasteiger partial charge is 0.420 e. The standard InChI is InChI=1S/C19H20N2O6S/c1-11-7-12(2)18(13(3)8-11)20-28(24,25)14-5-6-15-16(9-14)27-19(23)21(15)10-17(22)26-4/h5-9,20H,10H2,1-4H3. The van der Waals surface area contributed by atoms with Crippen LogP contribution in [0.2, 0.25) is 0 Å². The fourth-order valence-corrected chi connectivity index (χ4v) is 4.31. The average Bonchev–Trinajstić information content (AvgIpc) is 2.92. The lowest BCUT2D eigenvalue weighted by Crippen LogP contribution is -2.20. The highest BCUT2D eigenvalue weighted by atomic mass is 32.2. The highest BCUT2D eigenvalue weighted by Gasteiger charge is 2.20. The van der Waals surface area contributed by atoms with Crippen LogP contribution < -0.4 is 10.5 Å². The molecule has 0 spiro atoms. The Bertz CT molecular complexity index is 1210. The fraction of sp³-hybridized carbons (Fsp3) is 0.263. The highest BCUT2D eigenvalue weighted by molar-refractivity contribution is 7.92. The van der Waals surface area contributed by atoms with Gasteiger partial charge in [-0.25, -0.2) is 13.2 Å².